The van der Waals surface area contributed by atoms with E-state index in [4.69, 9.17) is 14.2 Å². The second-order valence-corrected chi connectivity index (χ2v) is 6.10. The van der Waals surface area contributed by atoms with Gasteiger partial charge in [0.05, 0.1) is 31.5 Å². The first kappa shape index (κ1) is 12.6. The second-order valence-electron chi connectivity index (χ2n) is 6.10. The Bertz CT molecular complexity index is 348. The number of carbonyl (C=O) groups excluding carboxylic acids is 1. The SMILES string of the molecule is CC(=O)C(C)C[C@H]1CCC2OC3COC[C@@]2(C3)O1.[HH]. The lowest BCUT2D eigenvalue weighted by atomic mass is 9.84. The summed E-state index contributed by atoms with van der Waals surface area (Å²) in [6.07, 6.45) is 4.43. The lowest BCUT2D eigenvalue weighted by molar-refractivity contribution is -0.187. The molecule has 0 aromatic carbocycles. The lowest BCUT2D eigenvalue weighted by Crippen LogP contribution is -2.53. The van der Waals surface area contributed by atoms with Crippen molar-refractivity contribution in [3.8, 4) is 0 Å². The van der Waals surface area contributed by atoms with Gasteiger partial charge in [-0.25, -0.2) is 0 Å². The summed E-state index contributed by atoms with van der Waals surface area (Å²) >= 11 is 0. The molecule has 4 heteroatoms. The zero-order chi connectivity index (χ0) is 12.8. The molecule has 3 heterocycles. The summed E-state index contributed by atoms with van der Waals surface area (Å²) in [7, 11) is 0. The molecule has 0 radical (unpaired) electrons. The van der Waals surface area contributed by atoms with Crippen LogP contribution in [0.25, 0.3) is 0 Å². The van der Waals surface area contributed by atoms with Gasteiger partial charge in [0.1, 0.15) is 11.4 Å². The summed E-state index contributed by atoms with van der Waals surface area (Å²) in [5, 5.41) is 0. The average molecular weight is 256 g/mol. The first-order valence-corrected chi connectivity index (χ1v) is 7.00. The zero-order valence-corrected chi connectivity index (χ0v) is 11.2. The van der Waals surface area contributed by atoms with Gasteiger partial charge in [-0.15, -0.1) is 0 Å². The molecule has 3 aliphatic rings. The van der Waals surface area contributed by atoms with Gasteiger partial charge in [-0.2, -0.15) is 0 Å². The van der Waals surface area contributed by atoms with Crippen LogP contribution in [0.2, 0.25) is 0 Å². The summed E-state index contributed by atoms with van der Waals surface area (Å²) in [6, 6.07) is 0. The molecule has 1 spiro atoms. The maximum absolute atomic E-state index is 11.4. The molecule has 4 nitrogen and oxygen atoms in total. The smallest absolute Gasteiger partial charge is 0.132 e. The second kappa shape index (κ2) is 4.58. The number of ketones is 1. The van der Waals surface area contributed by atoms with Crippen LogP contribution in [-0.2, 0) is 19.0 Å². The molecule has 0 saturated carbocycles. The van der Waals surface area contributed by atoms with E-state index in [9.17, 15) is 4.79 Å². The van der Waals surface area contributed by atoms with Crippen LogP contribution >= 0.6 is 0 Å². The van der Waals surface area contributed by atoms with Crippen molar-refractivity contribution in [1.82, 2.24) is 0 Å². The maximum atomic E-state index is 11.4. The van der Waals surface area contributed by atoms with E-state index in [0.717, 1.165) is 25.7 Å². The van der Waals surface area contributed by atoms with Gasteiger partial charge in [0.25, 0.3) is 0 Å². The topological polar surface area (TPSA) is 44.8 Å². The Hall–Kier alpha value is -0.450. The van der Waals surface area contributed by atoms with E-state index in [0.29, 0.717) is 13.2 Å². The summed E-state index contributed by atoms with van der Waals surface area (Å²) in [5.74, 6) is 0.337. The van der Waals surface area contributed by atoms with Crippen molar-refractivity contribution in [2.75, 3.05) is 13.2 Å². The Kier molecular flexibility index (Phi) is 3.20. The molecule has 0 aromatic heterocycles. The van der Waals surface area contributed by atoms with Crippen molar-refractivity contribution in [3.05, 3.63) is 0 Å². The molecule has 0 aromatic rings. The maximum Gasteiger partial charge on any atom is 0.132 e. The minimum Gasteiger partial charge on any atom is -0.376 e. The zero-order valence-electron chi connectivity index (χ0n) is 11.2. The van der Waals surface area contributed by atoms with Crippen LogP contribution < -0.4 is 0 Å². The molecule has 3 aliphatic heterocycles. The molecule has 3 unspecified atom stereocenters. The van der Waals surface area contributed by atoms with Crippen LogP contribution in [0.5, 0.6) is 0 Å². The molecular weight excluding hydrogens is 232 g/mol. The highest BCUT2D eigenvalue weighted by Gasteiger charge is 2.55. The van der Waals surface area contributed by atoms with Crippen molar-refractivity contribution in [2.24, 2.45) is 5.92 Å². The van der Waals surface area contributed by atoms with Crippen molar-refractivity contribution < 1.29 is 20.4 Å². The Morgan fingerprint density at radius 3 is 3.11 bits per heavy atom. The van der Waals surface area contributed by atoms with Gasteiger partial charge in [0, 0.05) is 13.8 Å². The normalized spacial score (nSPS) is 44.4. The third-order valence-corrected chi connectivity index (χ3v) is 4.63. The van der Waals surface area contributed by atoms with Crippen LogP contribution in [0.1, 0.15) is 41.0 Å². The molecule has 5 atom stereocenters. The molecule has 104 valence electrons. The van der Waals surface area contributed by atoms with E-state index in [1.807, 2.05) is 6.92 Å². The van der Waals surface area contributed by atoms with Crippen molar-refractivity contribution in [1.29, 1.82) is 0 Å². The Labute approximate surface area is 109 Å². The van der Waals surface area contributed by atoms with Gasteiger partial charge in [0.15, 0.2) is 0 Å². The van der Waals surface area contributed by atoms with Gasteiger partial charge in [-0.1, -0.05) is 6.92 Å². The average Bonchev–Trinajstić information content (AvgIpc) is 2.58. The fourth-order valence-electron chi connectivity index (χ4n) is 3.48. The van der Waals surface area contributed by atoms with Crippen molar-refractivity contribution in [2.45, 2.75) is 63.4 Å². The van der Waals surface area contributed by atoms with E-state index < -0.39 is 0 Å². The molecule has 0 aliphatic carbocycles. The van der Waals surface area contributed by atoms with Crippen molar-refractivity contribution in [3.63, 3.8) is 0 Å². The molecule has 0 amide bonds. The summed E-state index contributed by atoms with van der Waals surface area (Å²) in [6.45, 7) is 5.00. The van der Waals surface area contributed by atoms with E-state index in [2.05, 4.69) is 0 Å². The third-order valence-electron chi connectivity index (χ3n) is 4.63. The standard InChI is InChI=1S/C14H22O4.H2/c1-9(10(2)15)5-11-3-4-13-14(18-11)6-12(17-13)7-16-8-14;/h9,11-13H,3-8H2,1-2H3;1H/t9?,11-,12?,13?,14-;/m1./s1. The lowest BCUT2D eigenvalue weighted by Gasteiger charge is -2.42. The van der Waals surface area contributed by atoms with Gasteiger partial charge in [0.2, 0.25) is 0 Å². The fraction of sp³-hybridized carbons (Fsp3) is 0.929. The largest absolute Gasteiger partial charge is 0.376 e. The van der Waals surface area contributed by atoms with Gasteiger partial charge in [-0.3, -0.25) is 4.79 Å². The highest BCUT2D eigenvalue weighted by Crippen LogP contribution is 2.45. The third kappa shape index (κ3) is 2.10. The molecule has 3 rings (SSSR count). The predicted molar refractivity (Wildman–Crippen MR) is 67.5 cm³/mol. The van der Waals surface area contributed by atoms with Crippen molar-refractivity contribution >= 4 is 5.78 Å². The van der Waals surface area contributed by atoms with Crippen LogP contribution in [0.15, 0.2) is 0 Å². The van der Waals surface area contributed by atoms with Crippen LogP contribution in [0.3, 0.4) is 0 Å². The summed E-state index contributed by atoms with van der Waals surface area (Å²) < 4.78 is 17.9. The minimum atomic E-state index is -0.220. The molecule has 2 bridgehead atoms. The minimum absolute atomic E-state index is 0. The monoisotopic (exact) mass is 256 g/mol. The predicted octanol–water partition coefficient (Wildman–Crippen LogP) is 1.95. The highest BCUT2D eigenvalue weighted by molar-refractivity contribution is 5.77. The summed E-state index contributed by atoms with van der Waals surface area (Å²) in [5.41, 5.74) is -0.220. The molecule has 3 saturated heterocycles. The number of hydrogen-bond donors (Lipinski definition) is 0. The van der Waals surface area contributed by atoms with E-state index in [1.54, 1.807) is 6.92 Å². The quantitative estimate of drug-likeness (QED) is 0.774. The fourth-order valence-corrected chi connectivity index (χ4v) is 3.48. The van der Waals surface area contributed by atoms with E-state index in [1.165, 1.54) is 0 Å². The first-order valence-electron chi connectivity index (χ1n) is 7.00. The Morgan fingerprint density at radius 2 is 2.33 bits per heavy atom. The van der Waals surface area contributed by atoms with E-state index >= 15 is 0 Å². The summed E-state index contributed by atoms with van der Waals surface area (Å²) in [4.78, 5) is 11.4. The van der Waals surface area contributed by atoms with Gasteiger partial charge in [-0.05, 0) is 26.2 Å². The Morgan fingerprint density at radius 1 is 1.50 bits per heavy atom. The highest BCUT2D eigenvalue weighted by atomic mass is 16.6. The van der Waals surface area contributed by atoms with Gasteiger partial charge < -0.3 is 14.2 Å². The Balaban J connectivity index is 0.00000133. The number of rotatable bonds is 3. The number of hydrogen-bond acceptors (Lipinski definition) is 4. The molecule has 3 fully saturated rings. The van der Waals surface area contributed by atoms with Gasteiger partial charge >= 0.3 is 0 Å². The van der Waals surface area contributed by atoms with E-state index in [-0.39, 0.29) is 37.0 Å². The van der Waals surface area contributed by atoms with Crippen LogP contribution in [0, 0.1) is 5.92 Å². The van der Waals surface area contributed by atoms with Crippen LogP contribution in [-0.4, -0.2) is 42.9 Å². The number of carbonyl (C=O) groups is 1. The molecule has 18 heavy (non-hydrogen) atoms. The molecule has 0 N–H and O–H groups in total. The number of Topliss-reactive ketones (excluding diaryl/α,β-unsaturated/α-hetero) is 1. The number of ether oxygens (including phenoxy) is 3. The first-order chi connectivity index (χ1) is 8.59. The molecular formula is C14H24O4. The number of fused-ring (bicyclic) bond motifs is 1. The van der Waals surface area contributed by atoms with Crippen LogP contribution in [0.4, 0.5) is 0 Å².